The number of non-ortho nitro benzene ring substituents is 1. The van der Waals surface area contributed by atoms with E-state index in [1.165, 1.54) is 18.2 Å². The van der Waals surface area contributed by atoms with E-state index >= 15 is 0 Å². The Balaban J connectivity index is 2.03. The smallest absolute Gasteiger partial charge is 0.270 e. The molecular weight excluding hydrogens is 274 g/mol. The fourth-order valence-electron chi connectivity index (χ4n) is 2.20. The van der Waals surface area contributed by atoms with Gasteiger partial charge in [-0.05, 0) is 24.6 Å². The van der Waals surface area contributed by atoms with Crippen LogP contribution in [0.4, 0.5) is 5.69 Å². The molecular formula is C15H11NO5. The summed E-state index contributed by atoms with van der Waals surface area (Å²) in [6, 6.07) is 9.01. The van der Waals surface area contributed by atoms with Crippen LogP contribution in [-0.4, -0.2) is 17.5 Å². The molecule has 1 heterocycles. The summed E-state index contributed by atoms with van der Waals surface area (Å²) in [4.78, 5) is 22.8. The highest BCUT2D eigenvalue weighted by Crippen LogP contribution is 2.35. The minimum absolute atomic E-state index is 0.112. The van der Waals surface area contributed by atoms with Crippen LogP contribution >= 0.6 is 0 Å². The number of carbonyl (C=O) groups excluding carboxylic acids is 1. The molecule has 0 radical (unpaired) electrons. The molecule has 0 aliphatic carbocycles. The zero-order valence-corrected chi connectivity index (χ0v) is 11.2. The predicted octanol–water partition coefficient (Wildman–Crippen LogP) is 2.86. The summed E-state index contributed by atoms with van der Waals surface area (Å²) >= 11 is 0. The van der Waals surface area contributed by atoms with E-state index in [1.54, 1.807) is 25.1 Å². The number of hydrogen-bond acceptors (Lipinski definition) is 5. The minimum atomic E-state index is -0.525. The molecule has 0 aromatic heterocycles. The maximum atomic E-state index is 12.5. The highest BCUT2D eigenvalue weighted by molar-refractivity contribution is 6.10. The van der Waals surface area contributed by atoms with Gasteiger partial charge in [0.1, 0.15) is 0 Å². The van der Waals surface area contributed by atoms with E-state index in [0.29, 0.717) is 17.1 Å². The standard InChI is InChI=1S/C15H11NO5/c1-9-5-13-14(21-8-20-13)7-12(9)15(17)10-3-2-4-11(6-10)16(18)19/h2-7H,8H2,1H3. The van der Waals surface area contributed by atoms with Gasteiger partial charge < -0.3 is 9.47 Å². The van der Waals surface area contributed by atoms with Gasteiger partial charge in [-0.1, -0.05) is 12.1 Å². The van der Waals surface area contributed by atoms with Gasteiger partial charge >= 0.3 is 0 Å². The van der Waals surface area contributed by atoms with Crippen LogP contribution in [0.25, 0.3) is 0 Å². The molecule has 0 spiro atoms. The van der Waals surface area contributed by atoms with E-state index in [9.17, 15) is 14.9 Å². The Labute approximate surface area is 120 Å². The molecule has 6 nitrogen and oxygen atoms in total. The maximum absolute atomic E-state index is 12.5. The number of rotatable bonds is 3. The average molecular weight is 285 g/mol. The van der Waals surface area contributed by atoms with Crippen LogP contribution in [0.1, 0.15) is 21.5 Å². The molecule has 1 aliphatic rings. The van der Waals surface area contributed by atoms with Gasteiger partial charge in [-0.2, -0.15) is 0 Å². The molecule has 106 valence electrons. The van der Waals surface area contributed by atoms with Gasteiger partial charge in [0.25, 0.3) is 5.69 Å². The van der Waals surface area contributed by atoms with Crippen molar-refractivity contribution in [1.29, 1.82) is 0 Å². The Morgan fingerprint density at radius 1 is 1.19 bits per heavy atom. The molecule has 2 aromatic rings. The molecule has 21 heavy (non-hydrogen) atoms. The van der Waals surface area contributed by atoms with Crippen molar-refractivity contribution in [3.8, 4) is 11.5 Å². The van der Waals surface area contributed by atoms with Crippen molar-refractivity contribution < 1.29 is 19.2 Å². The second-order valence-electron chi connectivity index (χ2n) is 4.66. The van der Waals surface area contributed by atoms with Crippen molar-refractivity contribution in [3.63, 3.8) is 0 Å². The molecule has 2 aromatic carbocycles. The Kier molecular flexibility index (Phi) is 3.06. The van der Waals surface area contributed by atoms with Crippen molar-refractivity contribution in [2.75, 3.05) is 6.79 Å². The quantitative estimate of drug-likeness (QED) is 0.492. The van der Waals surface area contributed by atoms with Crippen molar-refractivity contribution in [3.05, 3.63) is 63.2 Å². The number of ketones is 1. The van der Waals surface area contributed by atoms with Crippen LogP contribution in [0.15, 0.2) is 36.4 Å². The third kappa shape index (κ3) is 2.31. The third-order valence-electron chi connectivity index (χ3n) is 3.28. The number of aryl methyl sites for hydroxylation is 1. The Morgan fingerprint density at radius 2 is 1.90 bits per heavy atom. The lowest BCUT2D eigenvalue weighted by Gasteiger charge is -2.07. The molecule has 0 saturated heterocycles. The first-order chi connectivity index (χ1) is 10.1. The van der Waals surface area contributed by atoms with E-state index in [1.807, 2.05) is 0 Å². The van der Waals surface area contributed by atoms with E-state index in [2.05, 4.69) is 0 Å². The van der Waals surface area contributed by atoms with Crippen LogP contribution in [0.5, 0.6) is 11.5 Å². The number of benzene rings is 2. The number of carbonyl (C=O) groups is 1. The van der Waals surface area contributed by atoms with Crippen LogP contribution < -0.4 is 9.47 Å². The second kappa shape index (κ2) is 4.90. The van der Waals surface area contributed by atoms with Crippen LogP contribution in [-0.2, 0) is 0 Å². The SMILES string of the molecule is Cc1cc2c(cc1C(=O)c1cccc([N+](=O)[O-])c1)OCO2. The predicted molar refractivity (Wildman–Crippen MR) is 73.8 cm³/mol. The molecule has 1 aliphatic heterocycles. The number of nitro benzene ring substituents is 1. The van der Waals surface area contributed by atoms with E-state index in [-0.39, 0.29) is 23.8 Å². The summed E-state index contributed by atoms with van der Waals surface area (Å²) in [6.45, 7) is 1.91. The lowest BCUT2D eigenvalue weighted by atomic mass is 9.98. The molecule has 0 N–H and O–H groups in total. The fourth-order valence-corrected chi connectivity index (χ4v) is 2.20. The number of nitrogens with zero attached hydrogens (tertiary/aromatic N) is 1. The second-order valence-corrected chi connectivity index (χ2v) is 4.66. The number of nitro groups is 1. The molecule has 0 fully saturated rings. The summed E-state index contributed by atoms with van der Waals surface area (Å²) in [5.41, 5.74) is 1.33. The Morgan fingerprint density at radius 3 is 2.62 bits per heavy atom. The van der Waals surface area contributed by atoms with Crippen molar-refractivity contribution in [2.45, 2.75) is 6.92 Å². The summed E-state index contributed by atoms with van der Waals surface area (Å²) < 4.78 is 10.5. The highest BCUT2D eigenvalue weighted by Gasteiger charge is 2.21. The van der Waals surface area contributed by atoms with Crippen molar-refractivity contribution in [1.82, 2.24) is 0 Å². The highest BCUT2D eigenvalue weighted by atomic mass is 16.7. The molecule has 0 atom stereocenters. The van der Waals surface area contributed by atoms with Gasteiger partial charge in [0.15, 0.2) is 17.3 Å². The molecule has 3 rings (SSSR count). The Hall–Kier alpha value is -2.89. The van der Waals surface area contributed by atoms with Crippen LogP contribution in [0.2, 0.25) is 0 Å². The third-order valence-corrected chi connectivity index (χ3v) is 3.28. The van der Waals surface area contributed by atoms with E-state index < -0.39 is 4.92 Å². The number of ether oxygens (including phenoxy) is 2. The largest absolute Gasteiger partial charge is 0.454 e. The zero-order valence-electron chi connectivity index (χ0n) is 11.2. The molecule has 0 saturated carbocycles. The monoisotopic (exact) mass is 285 g/mol. The summed E-state index contributed by atoms with van der Waals surface area (Å²) in [5, 5.41) is 10.8. The Bertz CT molecular complexity index is 754. The average Bonchev–Trinajstić information content (AvgIpc) is 2.92. The zero-order chi connectivity index (χ0) is 15.0. The van der Waals surface area contributed by atoms with Gasteiger partial charge in [-0.25, -0.2) is 0 Å². The van der Waals surface area contributed by atoms with Gasteiger partial charge in [-0.15, -0.1) is 0 Å². The lowest BCUT2D eigenvalue weighted by molar-refractivity contribution is -0.384. The fraction of sp³-hybridized carbons (Fsp3) is 0.133. The van der Waals surface area contributed by atoms with E-state index in [4.69, 9.17) is 9.47 Å². The molecule has 6 heteroatoms. The molecule has 0 amide bonds. The maximum Gasteiger partial charge on any atom is 0.270 e. The summed E-state index contributed by atoms with van der Waals surface area (Å²) in [7, 11) is 0. The number of hydrogen-bond donors (Lipinski definition) is 0. The van der Waals surface area contributed by atoms with Gasteiger partial charge in [-0.3, -0.25) is 14.9 Å². The van der Waals surface area contributed by atoms with Gasteiger partial charge in [0.2, 0.25) is 6.79 Å². The normalized spacial score (nSPS) is 12.2. The van der Waals surface area contributed by atoms with Gasteiger partial charge in [0, 0.05) is 23.3 Å². The first-order valence-electron chi connectivity index (χ1n) is 6.25. The van der Waals surface area contributed by atoms with E-state index in [0.717, 1.165) is 5.56 Å². The topological polar surface area (TPSA) is 78.7 Å². The summed E-state index contributed by atoms with van der Waals surface area (Å²) in [5.74, 6) is 0.826. The molecule has 0 unspecified atom stereocenters. The summed E-state index contributed by atoms with van der Waals surface area (Å²) in [6.07, 6.45) is 0. The first kappa shape index (κ1) is 13.1. The van der Waals surface area contributed by atoms with Crippen molar-refractivity contribution in [2.24, 2.45) is 0 Å². The number of fused-ring (bicyclic) bond motifs is 1. The van der Waals surface area contributed by atoms with Gasteiger partial charge in [0.05, 0.1) is 4.92 Å². The van der Waals surface area contributed by atoms with Crippen molar-refractivity contribution >= 4 is 11.5 Å². The molecule has 0 bridgehead atoms. The minimum Gasteiger partial charge on any atom is -0.454 e. The van der Waals surface area contributed by atoms with Crippen LogP contribution in [0.3, 0.4) is 0 Å². The first-order valence-corrected chi connectivity index (χ1v) is 6.25. The van der Waals surface area contributed by atoms with Crippen LogP contribution in [0, 0.1) is 17.0 Å². The lowest BCUT2D eigenvalue weighted by Crippen LogP contribution is -2.04.